The number of aromatic nitrogens is 2. The first-order valence-electron chi connectivity index (χ1n) is 3.08. The lowest BCUT2D eigenvalue weighted by atomic mass is 10.3. The van der Waals surface area contributed by atoms with Gasteiger partial charge < -0.3 is 14.9 Å². The highest BCUT2D eigenvalue weighted by molar-refractivity contribution is 5.23. The molecular formula is C5H5N3O3. The first-order chi connectivity index (χ1) is 5.27. The van der Waals surface area contributed by atoms with Gasteiger partial charge in [-0.2, -0.15) is 0 Å². The molecule has 6 heteroatoms. The van der Waals surface area contributed by atoms with Gasteiger partial charge in [-0.05, 0) is 4.92 Å². The van der Waals surface area contributed by atoms with Crippen molar-refractivity contribution >= 4 is 5.82 Å². The number of rotatable bonds is 2. The zero-order valence-electron chi connectivity index (χ0n) is 5.48. The normalized spacial score (nSPS) is 21.6. The van der Waals surface area contributed by atoms with Gasteiger partial charge in [-0.3, -0.25) is 0 Å². The summed E-state index contributed by atoms with van der Waals surface area (Å²) in [5.74, 6) is -0.0875. The predicted octanol–water partition coefficient (Wildman–Crippen LogP) is 0.389. The molecule has 0 radical (unpaired) electrons. The molecule has 2 rings (SSSR count). The Kier molecular flexibility index (Phi) is 1.16. The van der Waals surface area contributed by atoms with Crippen molar-refractivity contribution in [2.45, 2.75) is 6.10 Å². The van der Waals surface area contributed by atoms with Crippen molar-refractivity contribution in [3.05, 3.63) is 21.9 Å². The van der Waals surface area contributed by atoms with Crippen molar-refractivity contribution in [2.75, 3.05) is 6.61 Å². The molecule has 1 fully saturated rings. The monoisotopic (exact) mass is 155 g/mol. The summed E-state index contributed by atoms with van der Waals surface area (Å²) in [5.41, 5.74) is 0.608. The molecule has 58 valence electrons. The van der Waals surface area contributed by atoms with Crippen LogP contribution in [0.2, 0.25) is 0 Å². The van der Waals surface area contributed by atoms with Gasteiger partial charge in [0.05, 0.1) is 12.7 Å². The predicted molar refractivity (Wildman–Crippen MR) is 33.9 cm³/mol. The Hall–Kier alpha value is -1.43. The lowest BCUT2D eigenvalue weighted by molar-refractivity contribution is -0.389. The lowest BCUT2D eigenvalue weighted by Crippen LogP contribution is -1.86. The average Bonchev–Trinajstić information content (AvgIpc) is 2.68. The fraction of sp³-hybridized carbons (Fsp3) is 0.400. The van der Waals surface area contributed by atoms with E-state index in [1.54, 1.807) is 0 Å². The molecule has 1 unspecified atom stereocenters. The maximum atomic E-state index is 10.2. The SMILES string of the molecule is O=[N+]([O-])c1cc(C2CO2)n[nH]1. The van der Waals surface area contributed by atoms with E-state index in [4.69, 9.17) is 4.74 Å². The number of ether oxygens (including phenoxy) is 1. The summed E-state index contributed by atoms with van der Waals surface area (Å²) in [6.07, 6.45) is -0.0278. The molecule has 1 aromatic rings. The van der Waals surface area contributed by atoms with E-state index in [1.807, 2.05) is 0 Å². The third-order valence-corrected chi connectivity index (χ3v) is 1.44. The fourth-order valence-electron chi connectivity index (χ4n) is 0.804. The number of hydrogen-bond donors (Lipinski definition) is 1. The number of aromatic amines is 1. The molecule has 2 heterocycles. The second kappa shape index (κ2) is 2.03. The zero-order chi connectivity index (χ0) is 7.84. The number of nitrogens with one attached hydrogen (secondary N) is 1. The summed E-state index contributed by atoms with van der Waals surface area (Å²) in [7, 11) is 0. The summed E-state index contributed by atoms with van der Waals surface area (Å²) in [4.78, 5) is 9.64. The number of nitro groups is 1. The van der Waals surface area contributed by atoms with Crippen LogP contribution in [-0.4, -0.2) is 21.7 Å². The average molecular weight is 155 g/mol. The van der Waals surface area contributed by atoms with Gasteiger partial charge >= 0.3 is 5.82 Å². The largest absolute Gasteiger partial charge is 0.366 e. The van der Waals surface area contributed by atoms with Crippen LogP contribution in [0.3, 0.4) is 0 Å². The first kappa shape index (κ1) is 6.29. The van der Waals surface area contributed by atoms with E-state index in [1.165, 1.54) is 6.07 Å². The molecule has 1 N–H and O–H groups in total. The van der Waals surface area contributed by atoms with E-state index in [-0.39, 0.29) is 11.9 Å². The molecule has 11 heavy (non-hydrogen) atoms. The molecule has 1 aliphatic heterocycles. The maximum absolute atomic E-state index is 10.2. The third-order valence-electron chi connectivity index (χ3n) is 1.44. The van der Waals surface area contributed by atoms with E-state index in [0.29, 0.717) is 12.3 Å². The number of H-pyrrole nitrogens is 1. The third kappa shape index (κ3) is 1.07. The van der Waals surface area contributed by atoms with Gasteiger partial charge in [0.2, 0.25) is 0 Å². The van der Waals surface area contributed by atoms with Crippen molar-refractivity contribution in [3.8, 4) is 0 Å². The molecule has 0 amide bonds. The smallest absolute Gasteiger partial charge is 0.342 e. The summed E-state index contributed by atoms with van der Waals surface area (Å²) >= 11 is 0. The molecule has 1 atom stereocenters. The Morgan fingerprint density at radius 1 is 1.91 bits per heavy atom. The summed E-state index contributed by atoms with van der Waals surface area (Å²) in [5, 5.41) is 16.2. The topological polar surface area (TPSA) is 84.3 Å². The minimum absolute atomic E-state index is 0.0278. The van der Waals surface area contributed by atoms with Gasteiger partial charge in [0.25, 0.3) is 0 Å². The Bertz CT molecular complexity index is 291. The Morgan fingerprint density at radius 3 is 3.09 bits per heavy atom. The number of nitrogens with zero attached hydrogens (tertiary/aromatic N) is 2. The molecule has 0 saturated carbocycles. The molecule has 1 aromatic heterocycles. The van der Waals surface area contributed by atoms with Crippen LogP contribution in [-0.2, 0) is 4.74 Å². The second-order valence-corrected chi connectivity index (χ2v) is 2.26. The zero-order valence-corrected chi connectivity index (χ0v) is 5.48. The molecule has 1 aliphatic rings. The van der Waals surface area contributed by atoms with E-state index in [0.717, 1.165) is 0 Å². The number of epoxide rings is 1. The fourth-order valence-corrected chi connectivity index (χ4v) is 0.804. The Balaban J connectivity index is 2.25. The van der Waals surface area contributed by atoms with Gasteiger partial charge in [0.15, 0.2) is 0 Å². The van der Waals surface area contributed by atoms with Crippen molar-refractivity contribution in [2.24, 2.45) is 0 Å². The van der Waals surface area contributed by atoms with Crippen LogP contribution in [0.15, 0.2) is 6.07 Å². The van der Waals surface area contributed by atoms with E-state index in [9.17, 15) is 10.1 Å². The van der Waals surface area contributed by atoms with E-state index >= 15 is 0 Å². The highest BCUT2D eigenvalue weighted by atomic mass is 16.6. The number of hydrogen-bond acceptors (Lipinski definition) is 4. The quantitative estimate of drug-likeness (QED) is 0.380. The molecule has 0 aromatic carbocycles. The first-order valence-corrected chi connectivity index (χ1v) is 3.08. The van der Waals surface area contributed by atoms with Crippen LogP contribution in [0.1, 0.15) is 11.8 Å². The van der Waals surface area contributed by atoms with Crippen LogP contribution < -0.4 is 0 Å². The molecule has 1 saturated heterocycles. The highest BCUT2D eigenvalue weighted by Gasteiger charge is 2.29. The van der Waals surface area contributed by atoms with Crippen molar-refractivity contribution in [1.29, 1.82) is 0 Å². The molecule has 0 aliphatic carbocycles. The van der Waals surface area contributed by atoms with Crippen LogP contribution >= 0.6 is 0 Å². The molecule has 6 nitrogen and oxygen atoms in total. The van der Waals surface area contributed by atoms with E-state index in [2.05, 4.69) is 10.2 Å². The van der Waals surface area contributed by atoms with Gasteiger partial charge in [-0.15, -0.1) is 5.10 Å². The lowest BCUT2D eigenvalue weighted by Gasteiger charge is -1.83. The Morgan fingerprint density at radius 2 is 2.64 bits per heavy atom. The van der Waals surface area contributed by atoms with Crippen LogP contribution in [0.25, 0.3) is 0 Å². The van der Waals surface area contributed by atoms with Crippen molar-refractivity contribution in [1.82, 2.24) is 10.2 Å². The van der Waals surface area contributed by atoms with Crippen LogP contribution in [0.5, 0.6) is 0 Å². The molecular weight excluding hydrogens is 150 g/mol. The van der Waals surface area contributed by atoms with Crippen LogP contribution in [0, 0.1) is 10.1 Å². The van der Waals surface area contributed by atoms with Crippen molar-refractivity contribution in [3.63, 3.8) is 0 Å². The van der Waals surface area contributed by atoms with Gasteiger partial charge in [0, 0.05) is 0 Å². The summed E-state index contributed by atoms with van der Waals surface area (Å²) < 4.78 is 4.88. The molecule has 0 spiro atoms. The summed E-state index contributed by atoms with van der Waals surface area (Å²) in [6.45, 7) is 0.613. The maximum Gasteiger partial charge on any atom is 0.342 e. The van der Waals surface area contributed by atoms with Crippen LogP contribution in [0.4, 0.5) is 5.82 Å². The standard InChI is InChI=1S/C5H5N3O3/c9-8(10)5-1-3(6-7-5)4-2-11-4/h1,4H,2H2,(H,6,7). The highest BCUT2D eigenvalue weighted by Crippen LogP contribution is 2.29. The van der Waals surface area contributed by atoms with Crippen molar-refractivity contribution < 1.29 is 9.66 Å². The van der Waals surface area contributed by atoms with Gasteiger partial charge in [-0.25, -0.2) is 0 Å². The Labute approximate surface area is 61.3 Å². The minimum Gasteiger partial charge on any atom is -0.366 e. The van der Waals surface area contributed by atoms with Gasteiger partial charge in [-0.1, -0.05) is 5.10 Å². The summed E-state index contributed by atoms with van der Waals surface area (Å²) in [6, 6.07) is 1.39. The van der Waals surface area contributed by atoms with Gasteiger partial charge in [0.1, 0.15) is 11.8 Å². The van der Waals surface area contributed by atoms with E-state index < -0.39 is 4.92 Å². The second-order valence-electron chi connectivity index (χ2n) is 2.26. The molecule has 0 bridgehead atoms. The minimum atomic E-state index is -0.515.